The molecule has 0 aliphatic carbocycles. The molecule has 0 unspecified atom stereocenters. The number of anilines is 1. The first-order valence-corrected chi connectivity index (χ1v) is 9.16. The Hall–Kier alpha value is -1.86. The van der Waals surface area contributed by atoms with Gasteiger partial charge in [-0.25, -0.2) is 8.42 Å². The molecular formula is C16H19N3O3S. The Kier molecular flexibility index (Phi) is 3.24. The van der Waals surface area contributed by atoms with Gasteiger partial charge >= 0.3 is 0 Å². The van der Waals surface area contributed by atoms with Crippen LogP contribution in [-0.2, 0) is 27.2 Å². The van der Waals surface area contributed by atoms with Crippen LogP contribution in [0, 0.1) is 0 Å². The number of aromatic nitrogens is 2. The highest BCUT2D eigenvalue weighted by Gasteiger charge is 2.47. The Morgan fingerprint density at radius 1 is 1.22 bits per heavy atom. The van der Waals surface area contributed by atoms with Gasteiger partial charge in [-0.05, 0) is 24.5 Å². The Morgan fingerprint density at radius 3 is 2.65 bits per heavy atom. The third-order valence-electron chi connectivity index (χ3n) is 4.91. The summed E-state index contributed by atoms with van der Waals surface area (Å²) < 4.78 is 34.7. The van der Waals surface area contributed by atoms with Crippen LogP contribution in [0.4, 0.5) is 5.69 Å². The highest BCUT2D eigenvalue weighted by Crippen LogP contribution is 2.48. The maximum absolute atomic E-state index is 13.1. The minimum absolute atomic E-state index is 0.135. The van der Waals surface area contributed by atoms with Crippen molar-refractivity contribution < 1.29 is 13.2 Å². The molecule has 2 aliphatic heterocycles. The van der Waals surface area contributed by atoms with E-state index in [2.05, 4.69) is 11.2 Å². The van der Waals surface area contributed by atoms with Crippen molar-refractivity contribution in [2.75, 3.05) is 24.1 Å². The molecule has 1 fully saturated rings. The molecule has 2 aliphatic rings. The molecule has 1 aromatic heterocycles. The van der Waals surface area contributed by atoms with Crippen molar-refractivity contribution in [1.82, 2.24) is 9.78 Å². The van der Waals surface area contributed by atoms with Crippen LogP contribution < -0.4 is 4.31 Å². The minimum Gasteiger partial charge on any atom is -0.381 e. The Bertz CT molecular complexity index is 838. The van der Waals surface area contributed by atoms with Crippen molar-refractivity contribution in [1.29, 1.82) is 0 Å². The van der Waals surface area contributed by atoms with Crippen molar-refractivity contribution in [3.63, 3.8) is 0 Å². The van der Waals surface area contributed by atoms with Gasteiger partial charge in [0.05, 0.1) is 11.9 Å². The predicted octanol–water partition coefficient (Wildman–Crippen LogP) is 1.68. The number of benzene rings is 1. The van der Waals surface area contributed by atoms with E-state index in [1.807, 2.05) is 18.2 Å². The van der Waals surface area contributed by atoms with Gasteiger partial charge in [0.1, 0.15) is 4.90 Å². The lowest BCUT2D eigenvalue weighted by Gasteiger charge is -2.34. The summed E-state index contributed by atoms with van der Waals surface area (Å²) >= 11 is 0. The fraction of sp³-hybridized carbons (Fsp3) is 0.438. The van der Waals surface area contributed by atoms with Crippen LogP contribution in [0.1, 0.15) is 18.4 Å². The van der Waals surface area contributed by atoms with E-state index in [1.54, 1.807) is 17.5 Å². The van der Waals surface area contributed by atoms with Crippen molar-refractivity contribution in [3.8, 4) is 0 Å². The predicted molar refractivity (Wildman–Crippen MR) is 85.9 cm³/mol. The molecule has 4 rings (SSSR count). The second-order valence-electron chi connectivity index (χ2n) is 6.27. The number of sulfonamides is 1. The zero-order chi connectivity index (χ0) is 16.1. The van der Waals surface area contributed by atoms with Gasteiger partial charge in [-0.3, -0.25) is 8.99 Å². The second-order valence-corrected chi connectivity index (χ2v) is 8.13. The molecule has 23 heavy (non-hydrogen) atoms. The molecule has 0 radical (unpaired) electrons. The second kappa shape index (κ2) is 5.07. The number of hydrogen-bond acceptors (Lipinski definition) is 4. The highest BCUT2D eigenvalue weighted by atomic mass is 32.2. The fourth-order valence-corrected chi connectivity index (χ4v) is 5.20. The van der Waals surface area contributed by atoms with E-state index in [4.69, 9.17) is 4.74 Å². The molecule has 0 N–H and O–H groups in total. The molecule has 7 heteroatoms. The maximum Gasteiger partial charge on any atom is 0.267 e. The van der Waals surface area contributed by atoms with E-state index in [0.717, 1.165) is 24.1 Å². The molecule has 122 valence electrons. The summed E-state index contributed by atoms with van der Waals surface area (Å²) in [5, 5.41) is 4.01. The normalized spacial score (nSPS) is 20.0. The summed E-state index contributed by atoms with van der Waals surface area (Å²) in [4.78, 5) is 0.235. The number of aryl methyl sites for hydroxylation is 1. The lowest BCUT2D eigenvalue weighted by Crippen LogP contribution is -2.40. The highest BCUT2D eigenvalue weighted by molar-refractivity contribution is 7.92. The number of rotatable bonds is 2. The zero-order valence-electron chi connectivity index (χ0n) is 13.0. The van der Waals surface area contributed by atoms with Gasteiger partial charge < -0.3 is 4.74 Å². The average molecular weight is 333 g/mol. The smallest absolute Gasteiger partial charge is 0.267 e. The summed E-state index contributed by atoms with van der Waals surface area (Å²) in [6.07, 6.45) is 4.66. The lowest BCUT2D eigenvalue weighted by molar-refractivity contribution is 0.0560. The Morgan fingerprint density at radius 2 is 1.96 bits per heavy atom. The van der Waals surface area contributed by atoms with E-state index >= 15 is 0 Å². The van der Waals surface area contributed by atoms with Gasteiger partial charge in [0, 0.05) is 38.4 Å². The topological polar surface area (TPSA) is 64.4 Å². The maximum atomic E-state index is 13.1. The van der Waals surface area contributed by atoms with Crippen molar-refractivity contribution in [2.24, 2.45) is 7.05 Å². The van der Waals surface area contributed by atoms with Gasteiger partial charge in [0.25, 0.3) is 10.0 Å². The molecule has 0 amide bonds. The monoisotopic (exact) mass is 333 g/mol. The number of para-hydroxylation sites is 1. The number of ether oxygens (including phenoxy) is 1. The first-order valence-electron chi connectivity index (χ1n) is 7.72. The molecule has 1 aromatic carbocycles. The first kappa shape index (κ1) is 14.7. The van der Waals surface area contributed by atoms with Crippen LogP contribution in [0.15, 0.2) is 41.6 Å². The van der Waals surface area contributed by atoms with E-state index in [1.165, 1.54) is 10.9 Å². The van der Waals surface area contributed by atoms with Gasteiger partial charge in [0.2, 0.25) is 0 Å². The van der Waals surface area contributed by atoms with E-state index in [-0.39, 0.29) is 10.3 Å². The molecule has 0 saturated carbocycles. The van der Waals surface area contributed by atoms with E-state index in [0.29, 0.717) is 19.8 Å². The largest absolute Gasteiger partial charge is 0.381 e. The number of hydrogen-bond donors (Lipinski definition) is 0. The summed E-state index contributed by atoms with van der Waals surface area (Å²) in [5.41, 5.74) is 1.78. The molecule has 3 heterocycles. The summed E-state index contributed by atoms with van der Waals surface area (Å²) in [6, 6.07) is 7.83. The van der Waals surface area contributed by atoms with Crippen LogP contribution in [-0.4, -0.2) is 38.0 Å². The van der Waals surface area contributed by atoms with Gasteiger partial charge in [-0.15, -0.1) is 0 Å². The van der Waals surface area contributed by atoms with Crippen molar-refractivity contribution in [2.45, 2.75) is 23.2 Å². The molecular weight excluding hydrogens is 314 g/mol. The quantitative estimate of drug-likeness (QED) is 0.839. The van der Waals surface area contributed by atoms with E-state index in [9.17, 15) is 8.42 Å². The third-order valence-corrected chi connectivity index (χ3v) is 6.62. The van der Waals surface area contributed by atoms with Crippen molar-refractivity contribution in [3.05, 3.63) is 42.2 Å². The third kappa shape index (κ3) is 2.18. The zero-order valence-corrected chi connectivity index (χ0v) is 13.8. The molecule has 1 spiro atoms. The lowest BCUT2D eigenvalue weighted by atomic mass is 9.76. The van der Waals surface area contributed by atoms with Gasteiger partial charge in [-0.2, -0.15) is 5.10 Å². The SMILES string of the molecule is Cn1cc(S(=O)(=O)N2CC3(CCOCC3)c3ccccc32)cn1. The summed E-state index contributed by atoms with van der Waals surface area (Å²) in [6.45, 7) is 1.83. The Balaban J connectivity index is 1.82. The van der Waals surface area contributed by atoms with Gasteiger partial charge in [-0.1, -0.05) is 18.2 Å². The van der Waals surface area contributed by atoms with Crippen molar-refractivity contribution >= 4 is 15.7 Å². The molecule has 0 atom stereocenters. The fourth-order valence-electron chi connectivity index (χ4n) is 3.65. The Labute approximate surface area is 135 Å². The van der Waals surface area contributed by atoms with Crippen LogP contribution in [0.2, 0.25) is 0 Å². The van der Waals surface area contributed by atoms with Crippen LogP contribution in [0.25, 0.3) is 0 Å². The van der Waals surface area contributed by atoms with Crippen LogP contribution >= 0.6 is 0 Å². The molecule has 1 saturated heterocycles. The van der Waals surface area contributed by atoms with Gasteiger partial charge in [0.15, 0.2) is 0 Å². The number of nitrogens with zero attached hydrogens (tertiary/aromatic N) is 3. The average Bonchev–Trinajstić information content (AvgIpc) is 3.13. The van der Waals surface area contributed by atoms with E-state index < -0.39 is 10.0 Å². The summed E-state index contributed by atoms with van der Waals surface area (Å²) in [5.74, 6) is 0. The molecule has 0 bridgehead atoms. The van der Waals surface area contributed by atoms with Crippen LogP contribution in [0.3, 0.4) is 0 Å². The molecule has 6 nitrogen and oxygen atoms in total. The van der Waals surface area contributed by atoms with Crippen LogP contribution in [0.5, 0.6) is 0 Å². The summed E-state index contributed by atoms with van der Waals surface area (Å²) in [7, 11) is -1.88. The standard InChI is InChI=1S/C16H19N3O3S/c1-18-11-13(10-17-18)23(20,21)19-12-16(6-8-22-9-7-16)14-4-2-3-5-15(14)19/h2-5,10-11H,6-9,12H2,1H3. The number of fused-ring (bicyclic) bond motifs is 2. The first-order chi connectivity index (χ1) is 11.0. The minimum atomic E-state index is -3.60. The molecule has 2 aromatic rings.